The molecule has 6 rings (SSSR count). The van der Waals surface area contributed by atoms with Gasteiger partial charge < -0.3 is 20.1 Å². The van der Waals surface area contributed by atoms with Crippen LogP contribution in [0, 0.1) is 17.2 Å². The molecule has 2 aliphatic rings. The van der Waals surface area contributed by atoms with E-state index in [1.54, 1.807) is 36.3 Å². The van der Waals surface area contributed by atoms with Crippen molar-refractivity contribution in [3.05, 3.63) is 64.4 Å². The molecule has 1 amide bonds. The van der Waals surface area contributed by atoms with Crippen LogP contribution in [-0.2, 0) is 4.79 Å². The number of nitrogens with two attached hydrogens (primary N) is 1. The van der Waals surface area contributed by atoms with E-state index in [1.165, 1.54) is 6.33 Å². The van der Waals surface area contributed by atoms with Crippen LogP contribution in [-0.4, -0.2) is 50.8 Å². The van der Waals surface area contributed by atoms with Crippen molar-refractivity contribution >= 4 is 46.0 Å². The van der Waals surface area contributed by atoms with Crippen molar-refractivity contribution in [1.82, 2.24) is 24.6 Å². The van der Waals surface area contributed by atoms with Gasteiger partial charge in [-0.15, -0.1) is 0 Å². The number of likely N-dealkylation sites (tertiary alicyclic amines) is 1. The van der Waals surface area contributed by atoms with Gasteiger partial charge in [0.15, 0.2) is 17.1 Å². The molecule has 2 aromatic heterocycles. The van der Waals surface area contributed by atoms with E-state index in [0.29, 0.717) is 81.7 Å². The van der Waals surface area contributed by atoms with Crippen molar-refractivity contribution in [2.75, 3.05) is 25.9 Å². The SMILES string of the molecule is COc1cc(-c2nn(C3CCN(C(=O)/C(C#N)=C/C4CC4)CC3)c3ncnc(N)c23)ccc1Oc1ccc(Cl)c(Cl)c1. The number of carbonyl (C=O) groups is 1. The van der Waals surface area contributed by atoms with Gasteiger partial charge in [0.25, 0.3) is 5.91 Å². The summed E-state index contributed by atoms with van der Waals surface area (Å²) in [6.45, 7) is 1.03. The summed E-state index contributed by atoms with van der Waals surface area (Å²) in [6, 6.07) is 12.6. The first-order valence-corrected chi connectivity index (χ1v) is 14.3. The van der Waals surface area contributed by atoms with Gasteiger partial charge >= 0.3 is 0 Å². The minimum Gasteiger partial charge on any atom is -0.493 e. The smallest absolute Gasteiger partial charge is 0.264 e. The maximum atomic E-state index is 13.0. The van der Waals surface area contributed by atoms with Gasteiger partial charge in [-0.25, -0.2) is 14.6 Å². The number of nitrogen functional groups attached to an aromatic ring is 1. The fraction of sp³-hybridized carbons (Fsp3) is 0.300. The number of methoxy groups -OCH3 is 1. The number of halogens is 2. The summed E-state index contributed by atoms with van der Waals surface area (Å²) in [6.07, 6.45) is 6.64. The second-order valence-electron chi connectivity index (χ2n) is 10.3. The molecule has 214 valence electrons. The monoisotopic (exact) mass is 603 g/mol. The van der Waals surface area contributed by atoms with Gasteiger partial charge in [-0.3, -0.25) is 4.79 Å². The van der Waals surface area contributed by atoms with Crippen molar-refractivity contribution in [1.29, 1.82) is 5.26 Å². The second-order valence-corrected chi connectivity index (χ2v) is 11.2. The van der Waals surface area contributed by atoms with Gasteiger partial charge in [0, 0.05) is 24.7 Å². The molecule has 0 spiro atoms. The standard InChI is InChI=1S/C30H27Cl2N7O3/c1-41-25-13-18(4-7-24(25)42-21-5-6-22(31)23(32)14-21)27-26-28(34)35-16-36-29(26)39(37-27)20-8-10-38(11-9-20)30(40)19(15-33)12-17-2-3-17/h4-7,12-14,16-17,20H,2-3,8-11H2,1H3,(H2,34,35,36)/b19-12+. The fourth-order valence-corrected chi connectivity index (χ4v) is 5.45. The summed E-state index contributed by atoms with van der Waals surface area (Å²) >= 11 is 12.2. The van der Waals surface area contributed by atoms with E-state index in [4.69, 9.17) is 43.5 Å². The molecule has 10 nitrogen and oxygen atoms in total. The highest BCUT2D eigenvalue weighted by atomic mass is 35.5. The molecular weight excluding hydrogens is 577 g/mol. The first-order valence-electron chi connectivity index (χ1n) is 13.6. The van der Waals surface area contributed by atoms with Crippen LogP contribution in [0.15, 0.2) is 54.4 Å². The molecule has 1 aliphatic heterocycles. The van der Waals surface area contributed by atoms with Crippen molar-refractivity contribution in [3.63, 3.8) is 0 Å². The number of allylic oxidation sites excluding steroid dienone is 1. The highest BCUT2D eigenvalue weighted by Gasteiger charge is 2.30. The fourth-order valence-electron chi connectivity index (χ4n) is 5.16. The maximum absolute atomic E-state index is 13.0. The van der Waals surface area contributed by atoms with Crippen LogP contribution >= 0.6 is 23.2 Å². The van der Waals surface area contributed by atoms with Crippen molar-refractivity contribution in [2.45, 2.75) is 31.7 Å². The van der Waals surface area contributed by atoms with Crippen LogP contribution in [0.25, 0.3) is 22.3 Å². The van der Waals surface area contributed by atoms with E-state index >= 15 is 0 Å². The molecule has 2 fully saturated rings. The lowest BCUT2D eigenvalue weighted by atomic mass is 10.0. The largest absolute Gasteiger partial charge is 0.493 e. The Morgan fingerprint density at radius 3 is 2.55 bits per heavy atom. The first-order chi connectivity index (χ1) is 20.4. The van der Waals surface area contributed by atoms with Crippen LogP contribution < -0.4 is 15.2 Å². The van der Waals surface area contributed by atoms with Crippen LogP contribution in [0.3, 0.4) is 0 Å². The Bertz CT molecular complexity index is 1750. The quantitative estimate of drug-likeness (QED) is 0.195. The lowest BCUT2D eigenvalue weighted by Gasteiger charge is -2.32. The van der Waals surface area contributed by atoms with Crippen molar-refractivity contribution in [3.8, 4) is 34.6 Å². The molecule has 2 aromatic carbocycles. The van der Waals surface area contributed by atoms with Gasteiger partial charge in [-0.2, -0.15) is 10.4 Å². The molecule has 0 unspecified atom stereocenters. The van der Waals surface area contributed by atoms with Crippen LogP contribution in [0.2, 0.25) is 10.0 Å². The summed E-state index contributed by atoms with van der Waals surface area (Å²) < 4.78 is 13.5. The number of benzene rings is 2. The van der Waals surface area contributed by atoms with Gasteiger partial charge in [-0.1, -0.05) is 29.3 Å². The van der Waals surface area contributed by atoms with Gasteiger partial charge in [-0.05, 0) is 61.9 Å². The Balaban J connectivity index is 1.28. The summed E-state index contributed by atoms with van der Waals surface area (Å²) in [5.74, 6) is 1.95. The Hall–Kier alpha value is -4.33. The highest BCUT2D eigenvalue weighted by Crippen LogP contribution is 2.40. The average molecular weight is 604 g/mol. The molecular formula is C30H27Cl2N7O3. The van der Waals surface area contributed by atoms with E-state index < -0.39 is 0 Å². The van der Waals surface area contributed by atoms with Gasteiger partial charge in [0.1, 0.15) is 35.2 Å². The number of nitrogens with zero attached hydrogens (tertiary/aromatic N) is 6. The van der Waals surface area contributed by atoms with Crippen molar-refractivity contribution < 1.29 is 14.3 Å². The predicted molar refractivity (Wildman–Crippen MR) is 160 cm³/mol. The molecule has 1 aliphatic carbocycles. The van der Waals surface area contributed by atoms with Crippen LogP contribution in [0.1, 0.15) is 31.7 Å². The zero-order chi connectivity index (χ0) is 29.4. The number of fused-ring (bicyclic) bond motifs is 1. The summed E-state index contributed by atoms with van der Waals surface area (Å²) in [4.78, 5) is 23.5. The Kier molecular flexibility index (Phi) is 7.62. The number of ether oxygens (including phenoxy) is 2. The molecule has 1 saturated heterocycles. The lowest BCUT2D eigenvalue weighted by Crippen LogP contribution is -2.39. The van der Waals surface area contributed by atoms with Gasteiger partial charge in [0.2, 0.25) is 0 Å². The topological polar surface area (TPSA) is 132 Å². The average Bonchev–Trinajstić information content (AvgIpc) is 3.75. The minimum absolute atomic E-state index is 0.0169. The molecule has 2 N–H and O–H groups in total. The summed E-state index contributed by atoms with van der Waals surface area (Å²) in [7, 11) is 1.56. The molecule has 3 heterocycles. The number of rotatable bonds is 7. The second kappa shape index (κ2) is 11.5. The summed E-state index contributed by atoms with van der Waals surface area (Å²) in [5.41, 5.74) is 8.56. The number of hydrogen-bond donors (Lipinski definition) is 1. The number of hydrogen-bond acceptors (Lipinski definition) is 8. The maximum Gasteiger partial charge on any atom is 0.264 e. The third-order valence-electron chi connectivity index (χ3n) is 7.55. The van der Waals surface area contributed by atoms with E-state index in [1.807, 2.05) is 22.9 Å². The zero-order valence-corrected chi connectivity index (χ0v) is 24.3. The van der Waals surface area contributed by atoms with Crippen LogP contribution in [0.4, 0.5) is 5.82 Å². The number of aromatic nitrogens is 4. The van der Waals surface area contributed by atoms with E-state index in [-0.39, 0.29) is 17.5 Å². The number of anilines is 1. The van der Waals surface area contributed by atoms with E-state index in [0.717, 1.165) is 18.4 Å². The molecule has 42 heavy (non-hydrogen) atoms. The van der Waals surface area contributed by atoms with Crippen molar-refractivity contribution in [2.24, 2.45) is 5.92 Å². The molecule has 4 aromatic rings. The van der Waals surface area contributed by atoms with E-state index in [9.17, 15) is 10.1 Å². The van der Waals surface area contributed by atoms with Crippen LogP contribution in [0.5, 0.6) is 17.2 Å². The predicted octanol–water partition coefficient (Wildman–Crippen LogP) is 6.21. The normalized spacial score (nSPS) is 16.0. The minimum atomic E-state index is -0.198. The molecule has 0 radical (unpaired) electrons. The van der Waals surface area contributed by atoms with Gasteiger partial charge in [0.05, 0.1) is 28.6 Å². The Morgan fingerprint density at radius 1 is 1.07 bits per heavy atom. The molecule has 0 bridgehead atoms. The molecule has 1 saturated carbocycles. The van der Waals surface area contributed by atoms with E-state index in [2.05, 4.69) is 16.0 Å². The number of nitriles is 1. The molecule has 12 heteroatoms. The first kappa shape index (κ1) is 27.8. The third kappa shape index (κ3) is 5.45. The number of amides is 1. The highest BCUT2D eigenvalue weighted by molar-refractivity contribution is 6.42. The third-order valence-corrected chi connectivity index (χ3v) is 8.29. The Labute approximate surface area is 252 Å². The zero-order valence-electron chi connectivity index (χ0n) is 22.8. The number of carbonyl (C=O) groups excluding carboxylic acids is 1. The number of piperidine rings is 1. The summed E-state index contributed by atoms with van der Waals surface area (Å²) in [5, 5.41) is 15.9. The Morgan fingerprint density at radius 2 is 1.86 bits per heavy atom. The molecule has 0 atom stereocenters. The lowest BCUT2D eigenvalue weighted by molar-refractivity contribution is -0.128.